The summed E-state index contributed by atoms with van der Waals surface area (Å²) in [4.78, 5) is 19.4. The molecule has 2 heterocycles. The van der Waals surface area contributed by atoms with E-state index in [1.54, 1.807) is 11.3 Å². The number of esters is 1. The average molecular weight is 442 g/mol. The van der Waals surface area contributed by atoms with Crippen LogP contribution in [0.3, 0.4) is 0 Å². The summed E-state index contributed by atoms with van der Waals surface area (Å²) in [6.07, 6.45) is 4.96. The van der Waals surface area contributed by atoms with Gasteiger partial charge in [0.05, 0.1) is 16.8 Å². The first-order valence-electron chi connectivity index (χ1n) is 10.8. The first-order chi connectivity index (χ1) is 15.8. The highest BCUT2D eigenvalue weighted by Gasteiger charge is 2.26. The van der Waals surface area contributed by atoms with Crippen molar-refractivity contribution in [2.24, 2.45) is 0 Å². The van der Waals surface area contributed by atoms with Crippen molar-refractivity contribution in [2.75, 3.05) is 13.2 Å². The number of para-hydroxylation sites is 2. The topological polar surface area (TPSA) is 48.4 Å². The number of rotatable bonds is 6. The number of fused-ring (bicyclic) bond motifs is 2. The molecule has 5 rings (SSSR count). The molecule has 0 saturated heterocycles. The molecule has 160 valence electrons. The maximum Gasteiger partial charge on any atom is 0.339 e. The molecule has 0 aliphatic heterocycles. The normalized spacial score (nSPS) is 14.3. The van der Waals surface area contributed by atoms with Gasteiger partial charge in [0.15, 0.2) is 0 Å². The fourth-order valence-corrected chi connectivity index (χ4v) is 4.82. The fraction of sp³-hybridized carbons (Fsp3) is 0.185. The van der Waals surface area contributed by atoms with Crippen LogP contribution < -0.4 is 4.74 Å². The molecule has 0 amide bonds. The minimum atomic E-state index is -0.311. The summed E-state index contributed by atoms with van der Waals surface area (Å²) < 4.78 is 11.3. The number of carbonyl (C=O) groups excluding carboxylic acids is 1. The van der Waals surface area contributed by atoms with Crippen LogP contribution in [0.5, 0.6) is 5.75 Å². The number of hydrogen-bond donors (Lipinski definition) is 0. The van der Waals surface area contributed by atoms with Crippen LogP contribution in [0.4, 0.5) is 0 Å². The smallest absolute Gasteiger partial charge is 0.339 e. The van der Waals surface area contributed by atoms with Gasteiger partial charge in [0.1, 0.15) is 19.0 Å². The maximum atomic E-state index is 13.2. The van der Waals surface area contributed by atoms with Crippen LogP contribution in [-0.2, 0) is 11.2 Å². The third-order valence-corrected chi connectivity index (χ3v) is 6.38. The van der Waals surface area contributed by atoms with Gasteiger partial charge in [-0.15, -0.1) is 11.3 Å². The molecule has 0 N–H and O–H groups in total. The molecule has 1 aliphatic carbocycles. The SMILES string of the molecule is O=C(OCCOc1ccccc1)c1c2c(nc3ccccc13)C(=Cc1cccs1)CCC2. The summed E-state index contributed by atoms with van der Waals surface area (Å²) in [7, 11) is 0. The summed E-state index contributed by atoms with van der Waals surface area (Å²) >= 11 is 1.71. The van der Waals surface area contributed by atoms with Gasteiger partial charge in [0.25, 0.3) is 0 Å². The number of allylic oxidation sites excluding steroid dienone is 1. The number of aromatic nitrogens is 1. The summed E-state index contributed by atoms with van der Waals surface area (Å²) in [5, 5.41) is 2.92. The van der Waals surface area contributed by atoms with Crippen molar-refractivity contribution in [3.8, 4) is 5.75 Å². The Balaban J connectivity index is 1.45. The lowest BCUT2D eigenvalue weighted by molar-refractivity contribution is 0.0451. The molecule has 0 saturated carbocycles. The Morgan fingerprint density at radius 1 is 0.969 bits per heavy atom. The average Bonchev–Trinajstić information content (AvgIpc) is 3.34. The summed E-state index contributed by atoms with van der Waals surface area (Å²) in [5.41, 5.74) is 4.56. The highest BCUT2D eigenvalue weighted by molar-refractivity contribution is 7.10. The van der Waals surface area contributed by atoms with Crippen molar-refractivity contribution in [2.45, 2.75) is 19.3 Å². The lowest BCUT2D eigenvalue weighted by Crippen LogP contribution is -2.17. The first-order valence-corrected chi connectivity index (χ1v) is 11.7. The molecule has 4 aromatic rings. The van der Waals surface area contributed by atoms with E-state index in [1.807, 2.05) is 54.6 Å². The van der Waals surface area contributed by atoms with Gasteiger partial charge in [-0.3, -0.25) is 0 Å². The molecule has 5 heteroatoms. The highest BCUT2D eigenvalue weighted by Crippen LogP contribution is 2.36. The second-order valence-electron chi connectivity index (χ2n) is 7.67. The lowest BCUT2D eigenvalue weighted by atomic mass is 9.86. The van der Waals surface area contributed by atoms with E-state index < -0.39 is 0 Å². The molecule has 0 spiro atoms. The van der Waals surface area contributed by atoms with Gasteiger partial charge in [-0.1, -0.05) is 42.5 Å². The molecule has 32 heavy (non-hydrogen) atoms. The van der Waals surface area contributed by atoms with E-state index in [0.717, 1.165) is 47.2 Å². The molecule has 0 unspecified atom stereocenters. The Bertz CT molecular complexity index is 1260. The molecular weight excluding hydrogens is 418 g/mol. The van der Waals surface area contributed by atoms with Crippen molar-refractivity contribution in [3.63, 3.8) is 0 Å². The van der Waals surface area contributed by atoms with Crippen molar-refractivity contribution in [1.82, 2.24) is 4.98 Å². The monoisotopic (exact) mass is 441 g/mol. The van der Waals surface area contributed by atoms with E-state index in [9.17, 15) is 4.79 Å². The van der Waals surface area contributed by atoms with Crippen molar-refractivity contribution >= 4 is 39.9 Å². The van der Waals surface area contributed by atoms with Crippen molar-refractivity contribution in [3.05, 3.63) is 93.8 Å². The van der Waals surface area contributed by atoms with E-state index in [-0.39, 0.29) is 12.6 Å². The molecule has 0 fully saturated rings. The van der Waals surface area contributed by atoms with Crippen LogP contribution in [0.25, 0.3) is 22.6 Å². The van der Waals surface area contributed by atoms with Crippen molar-refractivity contribution in [1.29, 1.82) is 0 Å². The molecule has 0 atom stereocenters. The standard InChI is InChI=1S/C27H23NO3S/c29-27(31-16-15-30-20-9-2-1-3-10-20)25-22-12-4-5-14-24(22)28-26-19(8-6-13-23(25)26)18-21-11-7-17-32-21/h1-5,7,9-12,14,17-18H,6,8,13,15-16H2. The molecule has 1 aliphatic rings. The number of benzene rings is 2. The predicted molar refractivity (Wildman–Crippen MR) is 129 cm³/mol. The van der Waals surface area contributed by atoms with Gasteiger partial charge in [-0.2, -0.15) is 0 Å². The molecular formula is C27H23NO3S. The Morgan fingerprint density at radius 3 is 2.66 bits per heavy atom. The zero-order valence-corrected chi connectivity index (χ0v) is 18.4. The van der Waals surface area contributed by atoms with Crippen LogP contribution in [0, 0.1) is 0 Å². The Kier molecular flexibility index (Phi) is 5.99. The van der Waals surface area contributed by atoms with E-state index in [1.165, 1.54) is 10.5 Å². The van der Waals surface area contributed by atoms with Gasteiger partial charge >= 0.3 is 5.97 Å². The molecule has 0 bridgehead atoms. The minimum absolute atomic E-state index is 0.192. The number of pyridine rings is 1. The van der Waals surface area contributed by atoms with Gasteiger partial charge in [-0.25, -0.2) is 9.78 Å². The van der Waals surface area contributed by atoms with Crippen molar-refractivity contribution < 1.29 is 14.3 Å². The third-order valence-electron chi connectivity index (χ3n) is 5.56. The second kappa shape index (κ2) is 9.37. The zero-order valence-electron chi connectivity index (χ0n) is 17.6. The first kappa shape index (κ1) is 20.5. The largest absolute Gasteiger partial charge is 0.490 e. The third kappa shape index (κ3) is 4.30. The van der Waals surface area contributed by atoms with Gasteiger partial charge < -0.3 is 9.47 Å². The maximum absolute atomic E-state index is 13.2. The molecule has 4 nitrogen and oxygen atoms in total. The van der Waals surface area contributed by atoms with Gasteiger partial charge in [0.2, 0.25) is 0 Å². The molecule has 2 aromatic heterocycles. The Hall–Kier alpha value is -3.44. The van der Waals surface area contributed by atoms with Gasteiger partial charge in [-0.05, 0) is 66.1 Å². The van der Waals surface area contributed by atoms with Gasteiger partial charge in [0, 0.05) is 10.3 Å². The van der Waals surface area contributed by atoms with Crippen LogP contribution in [-0.4, -0.2) is 24.2 Å². The van der Waals surface area contributed by atoms with Crippen LogP contribution in [0.2, 0.25) is 0 Å². The minimum Gasteiger partial charge on any atom is -0.490 e. The van der Waals surface area contributed by atoms with E-state index in [2.05, 4.69) is 23.6 Å². The second-order valence-corrected chi connectivity index (χ2v) is 8.65. The Labute approximate surface area is 191 Å². The summed E-state index contributed by atoms with van der Waals surface area (Å²) in [6, 6.07) is 21.5. The highest BCUT2D eigenvalue weighted by atomic mass is 32.1. The molecule has 0 radical (unpaired) electrons. The number of nitrogens with zero attached hydrogens (tertiary/aromatic N) is 1. The zero-order chi connectivity index (χ0) is 21.8. The number of ether oxygens (including phenoxy) is 2. The fourth-order valence-electron chi connectivity index (χ4n) is 4.14. The van der Waals surface area contributed by atoms with Crippen LogP contribution in [0.1, 0.15) is 39.3 Å². The van der Waals surface area contributed by atoms with Crippen LogP contribution in [0.15, 0.2) is 72.1 Å². The summed E-state index contributed by atoms with van der Waals surface area (Å²) in [6.45, 7) is 0.502. The molecule has 2 aromatic carbocycles. The van der Waals surface area contributed by atoms with E-state index in [0.29, 0.717) is 12.2 Å². The predicted octanol–water partition coefficient (Wildman–Crippen LogP) is 6.41. The lowest BCUT2D eigenvalue weighted by Gasteiger charge is -2.22. The summed E-state index contributed by atoms with van der Waals surface area (Å²) in [5.74, 6) is 0.451. The number of carbonyl (C=O) groups is 1. The van der Waals surface area contributed by atoms with E-state index in [4.69, 9.17) is 14.5 Å². The number of hydrogen-bond acceptors (Lipinski definition) is 5. The Morgan fingerprint density at radius 2 is 1.81 bits per heavy atom. The van der Waals surface area contributed by atoms with E-state index >= 15 is 0 Å². The van der Waals surface area contributed by atoms with Crippen LogP contribution >= 0.6 is 11.3 Å². The number of thiophene rings is 1. The quantitative estimate of drug-likeness (QED) is 0.256.